The molecule has 2 heteroatoms. The Balaban J connectivity index is 2.21. The second kappa shape index (κ2) is 1.83. The van der Waals surface area contributed by atoms with Gasteiger partial charge in [0.25, 0.3) is 0 Å². The van der Waals surface area contributed by atoms with Crippen LogP contribution in [0.1, 0.15) is 6.42 Å². The van der Waals surface area contributed by atoms with Gasteiger partial charge in [-0.15, -0.1) is 0 Å². The van der Waals surface area contributed by atoms with Crippen LogP contribution in [0.3, 0.4) is 0 Å². The SMILES string of the molecule is N#C[C@@H]1C[C@@H]1CBr. The van der Waals surface area contributed by atoms with Crippen molar-refractivity contribution in [3.8, 4) is 6.07 Å². The number of hydrogen-bond donors (Lipinski definition) is 0. The molecular formula is C5H6BrN. The monoisotopic (exact) mass is 159 g/mol. The van der Waals surface area contributed by atoms with Crippen LogP contribution in [0.15, 0.2) is 0 Å². The lowest BCUT2D eigenvalue weighted by molar-refractivity contribution is 0.930. The molecule has 1 saturated carbocycles. The molecule has 1 aliphatic carbocycles. The van der Waals surface area contributed by atoms with Gasteiger partial charge >= 0.3 is 0 Å². The van der Waals surface area contributed by atoms with Gasteiger partial charge in [-0.25, -0.2) is 0 Å². The van der Waals surface area contributed by atoms with Crippen molar-refractivity contribution < 1.29 is 0 Å². The second-order valence-corrected chi connectivity index (χ2v) is 2.53. The fourth-order valence-electron chi connectivity index (χ4n) is 0.576. The van der Waals surface area contributed by atoms with Crippen molar-refractivity contribution in [3.63, 3.8) is 0 Å². The zero-order chi connectivity index (χ0) is 5.28. The highest BCUT2D eigenvalue weighted by molar-refractivity contribution is 9.09. The van der Waals surface area contributed by atoms with E-state index < -0.39 is 0 Å². The predicted molar refractivity (Wildman–Crippen MR) is 31.0 cm³/mol. The maximum atomic E-state index is 8.24. The molecule has 1 aliphatic rings. The van der Waals surface area contributed by atoms with E-state index in [4.69, 9.17) is 5.26 Å². The van der Waals surface area contributed by atoms with Gasteiger partial charge in [-0.2, -0.15) is 5.26 Å². The van der Waals surface area contributed by atoms with E-state index >= 15 is 0 Å². The van der Waals surface area contributed by atoms with E-state index in [0.29, 0.717) is 11.8 Å². The molecule has 1 rings (SSSR count). The molecule has 0 saturated heterocycles. The number of nitrogens with zero attached hydrogens (tertiary/aromatic N) is 1. The highest BCUT2D eigenvalue weighted by Crippen LogP contribution is 2.38. The number of alkyl halides is 1. The summed E-state index contributed by atoms with van der Waals surface area (Å²) in [6.07, 6.45) is 1.11. The summed E-state index contributed by atoms with van der Waals surface area (Å²) < 4.78 is 0. The molecule has 0 aromatic carbocycles. The van der Waals surface area contributed by atoms with Gasteiger partial charge in [-0.05, 0) is 12.3 Å². The molecule has 0 unspecified atom stereocenters. The Kier molecular flexibility index (Phi) is 1.34. The van der Waals surface area contributed by atoms with Gasteiger partial charge in [0.2, 0.25) is 0 Å². The predicted octanol–water partition coefficient (Wildman–Crippen LogP) is 1.54. The molecule has 0 heterocycles. The molecule has 0 aliphatic heterocycles. The first-order valence-corrected chi connectivity index (χ1v) is 3.46. The summed E-state index contributed by atoms with van der Waals surface area (Å²) in [5.41, 5.74) is 0. The Hall–Kier alpha value is -0.0300. The molecule has 0 aromatic heterocycles. The zero-order valence-electron chi connectivity index (χ0n) is 3.89. The van der Waals surface area contributed by atoms with E-state index in [0.717, 1.165) is 11.8 Å². The molecule has 7 heavy (non-hydrogen) atoms. The molecule has 1 nitrogen and oxygen atoms in total. The first-order chi connectivity index (χ1) is 3.38. The third-order valence-corrected chi connectivity index (χ3v) is 2.12. The van der Waals surface area contributed by atoms with Crippen LogP contribution in [0, 0.1) is 23.2 Å². The molecule has 0 bridgehead atoms. The molecular weight excluding hydrogens is 154 g/mol. The van der Waals surface area contributed by atoms with Crippen LogP contribution >= 0.6 is 15.9 Å². The quantitative estimate of drug-likeness (QED) is 0.533. The van der Waals surface area contributed by atoms with Gasteiger partial charge in [0.15, 0.2) is 0 Å². The Morgan fingerprint density at radius 2 is 2.57 bits per heavy atom. The summed E-state index contributed by atoms with van der Waals surface area (Å²) in [6.45, 7) is 0. The summed E-state index contributed by atoms with van der Waals surface area (Å²) in [5.74, 6) is 1.05. The summed E-state index contributed by atoms with van der Waals surface area (Å²) >= 11 is 3.31. The molecule has 0 spiro atoms. The fraction of sp³-hybridized carbons (Fsp3) is 0.800. The van der Waals surface area contributed by atoms with Gasteiger partial charge in [0.1, 0.15) is 0 Å². The standard InChI is InChI=1S/C5H6BrN/c6-2-4-1-5(4)3-7/h4-5H,1-2H2/t4-,5+/m1/s1. The summed E-state index contributed by atoms with van der Waals surface area (Å²) in [6, 6.07) is 2.21. The van der Waals surface area contributed by atoms with Crippen molar-refractivity contribution in [2.24, 2.45) is 11.8 Å². The molecule has 38 valence electrons. The van der Waals surface area contributed by atoms with Gasteiger partial charge in [0, 0.05) is 5.33 Å². The topological polar surface area (TPSA) is 23.8 Å². The van der Waals surface area contributed by atoms with Gasteiger partial charge < -0.3 is 0 Å². The third-order valence-electron chi connectivity index (χ3n) is 1.29. The van der Waals surface area contributed by atoms with Crippen LogP contribution < -0.4 is 0 Å². The van der Waals surface area contributed by atoms with Crippen molar-refractivity contribution in [3.05, 3.63) is 0 Å². The molecule has 0 radical (unpaired) electrons. The van der Waals surface area contributed by atoms with Gasteiger partial charge in [-0.1, -0.05) is 15.9 Å². The van der Waals surface area contributed by atoms with Gasteiger partial charge in [-0.3, -0.25) is 0 Å². The Labute approximate surface area is 51.5 Å². The minimum Gasteiger partial charge on any atom is -0.198 e. The number of hydrogen-bond acceptors (Lipinski definition) is 1. The Morgan fingerprint density at radius 1 is 1.86 bits per heavy atom. The van der Waals surface area contributed by atoms with E-state index in [1.165, 1.54) is 0 Å². The fourth-order valence-corrected chi connectivity index (χ4v) is 1.29. The summed E-state index contributed by atoms with van der Waals surface area (Å²) in [4.78, 5) is 0. The van der Waals surface area contributed by atoms with E-state index in [2.05, 4.69) is 22.0 Å². The third kappa shape index (κ3) is 0.947. The number of rotatable bonds is 1. The average Bonchev–Trinajstić information content (AvgIpc) is 2.43. The van der Waals surface area contributed by atoms with E-state index in [1.807, 2.05) is 0 Å². The molecule has 2 atom stereocenters. The maximum absolute atomic E-state index is 8.24. The van der Waals surface area contributed by atoms with Crippen molar-refractivity contribution >= 4 is 15.9 Å². The summed E-state index contributed by atoms with van der Waals surface area (Å²) in [7, 11) is 0. The van der Waals surface area contributed by atoms with E-state index in [9.17, 15) is 0 Å². The zero-order valence-corrected chi connectivity index (χ0v) is 5.48. The Morgan fingerprint density at radius 3 is 2.71 bits per heavy atom. The van der Waals surface area contributed by atoms with Crippen LogP contribution in [0.4, 0.5) is 0 Å². The van der Waals surface area contributed by atoms with Crippen LogP contribution in [-0.4, -0.2) is 5.33 Å². The van der Waals surface area contributed by atoms with Crippen LogP contribution in [-0.2, 0) is 0 Å². The minimum atomic E-state index is 0.374. The first kappa shape index (κ1) is 5.11. The molecule has 1 fully saturated rings. The van der Waals surface area contributed by atoms with Crippen LogP contribution in [0.2, 0.25) is 0 Å². The lowest BCUT2D eigenvalue weighted by Crippen LogP contribution is -1.76. The lowest BCUT2D eigenvalue weighted by Gasteiger charge is -1.75. The lowest BCUT2D eigenvalue weighted by atomic mass is 10.4. The van der Waals surface area contributed by atoms with E-state index in [1.54, 1.807) is 0 Å². The normalized spacial score (nSPS) is 37.1. The van der Waals surface area contributed by atoms with E-state index in [-0.39, 0.29) is 0 Å². The first-order valence-electron chi connectivity index (χ1n) is 2.34. The highest BCUT2D eigenvalue weighted by atomic mass is 79.9. The Bertz CT molecular complexity index is 105. The average molecular weight is 160 g/mol. The molecule has 0 N–H and O–H groups in total. The maximum Gasteiger partial charge on any atom is 0.0659 e. The van der Waals surface area contributed by atoms with Crippen molar-refractivity contribution in [1.82, 2.24) is 0 Å². The minimum absolute atomic E-state index is 0.374. The number of halogens is 1. The highest BCUT2D eigenvalue weighted by Gasteiger charge is 2.35. The van der Waals surface area contributed by atoms with Crippen molar-refractivity contribution in [2.75, 3.05) is 5.33 Å². The number of nitriles is 1. The summed E-state index contributed by atoms with van der Waals surface area (Å²) in [5, 5.41) is 9.24. The van der Waals surface area contributed by atoms with Crippen molar-refractivity contribution in [1.29, 1.82) is 5.26 Å². The van der Waals surface area contributed by atoms with Crippen LogP contribution in [0.5, 0.6) is 0 Å². The van der Waals surface area contributed by atoms with Gasteiger partial charge in [0.05, 0.1) is 12.0 Å². The van der Waals surface area contributed by atoms with Crippen LogP contribution in [0.25, 0.3) is 0 Å². The molecule has 0 aromatic rings. The van der Waals surface area contributed by atoms with Crippen molar-refractivity contribution in [2.45, 2.75) is 6.42 Å². The molecule has 0 amide bonds. The largest absolute Gasteiger partial charge is 0.198 e. The smallest absolute Gasteiger partial charge is 0.0659 e. The second-order valence-electron chi connectivity index (χ2n) is 1.89.